The monoisotopic (exact) mass is 365 g/mol. The molecule has 1 N–H and O–H groups in total. The van der Waals surface area contributed by atoms with Crippen LogP contribution in [-0.4, -0.2) is 36.4 Å². The molecule has 1 fully saturated rings. The average Bonchev–Trinajstić information content (AvgIpc) is 2.41. The summed E-state index contributed by atoms with van der Waals surface area (Å²) >= 11 is 2.95. The second-order valence-electron chi connectivity index (χ2n) is 4.54. The molecule has 1 heterocycles. The van der Waals surface area contributed by atoms with Crippen molar-refractivity contribution >= 4 is 31.9 Å². The van der Waals surface area contributed by atoms with E-state index in [4.69, 9.17) is 5.11 Å². The lowest BCUT2D eigenvalue weighted by Gasteiger charge is -2.31. The molecule has 0 aromatic heterocycles. The number of halogens is 2. The van der Waals surface area contributed by atoms with Crippen LogP contribution in [0.5, 0.6) is 0 Å². The summed E-state index contributed by atoms with van der Waals surface area (Å²) in [6.45, 7) is 0.136. The molecule has 0 saturated carbocycles. The van der Waals surface area contributed by atoms with Gasteiger partial charge in [-0.15, -0.1) is 0 Å². The first-order chi connectivity index (χ1) is 9.34. The Morgan fingerprint density at radius 2 is 2.10 bits per heavy atom. The predicted octanol–water partition coefficient (Wildman–Crippen LogP) is 2.22. The number of hydrogen-bond acceptors (Lipinski definition) is 3. The summed E-state index contributed by atoms with van der Waals surface area (Å²) in [5, 5.41) is 9.13. The molecule has 0 spiro atoms. The Labute approximate surface area is 124 Å². The van der Waals surface area contributed by atoms with Crippen LogP contribution in [0, 0.1) is 5.82 Å². The zero-order valence-electron chi connectivity index (χ0n) is 10.4. The Kier molecular flexibility index (Phi) is 4.46. The van der Waals surface area contributed by atoms with Crippen molar-refractivity contribution in [3.05, 3.63) is 28.5 Å². The first kappa shape index (κ1) is 15.4. The molecule has 0 amide bonds. The van der Waals surface area contributed by atoms with Crippen LogP contribution in [0.2, 0.25) is 0 Å². The molecule has 1 aromatic carbocycles. The average molecular weight is 366 g/mol. The highest BCUT2D eigenvalue weighted by Crippen LogP contribution is 2.27. The minimum atomic E-state index is -4.00. The van der Waals surface area contributed by atoms with Crippen molar-refractivity contribution in [3.8, 4) is 0 Å². The predicted molar refractivity (Wildman–Crippen MR) is 73.3 cm³/mol. The molecule has 1 unspecified atom stereocenters. The van der Waals surface area contributed by atoms with Crippen LogP contribution in [0.25, 0.3) is 0 Å². The summed E-state index contributed by atoms with van der Waals surface area (Å²) in [5.74, 6) is -1.87. The highest BCUT2D eigenvalue weighted by atomic mass is 79.9. The van der Waals surface area contributed by atoms with Gasteiger partial charge in [-0.3, -0.25) is 4.79 Å². The van der Waals surface area contributed by atoms with E-state index in [-0.39, 0.29) is 22.3 Å². The van der Waals surface area contributed by atoms with Crippen LogP contribution in [0.4, 0.5) is 4.39 Å². The number of benzene rings is 1. The summed E-state index contributed by atoms with van der Waals surface area (Å²) in [6.07, 6.45) is 1.53. The SMILES string of the molecule is O=C(O)C1CCCCN1S(=O)(=O)c1ccc(Br)c(F)c1. The van der Waals surface area contributed by atoms with Gasteiger partial charge in [-0.25, -0.2) is 12.8 Å². The third-order valence-corrected chi connectivity index (χ3v) is 5.78. The van der Waals surface area contributed by atoms with E-state index >= 15 is 0 Å². The lowest BCUT2D eigenvalue weighted by Crippen LogP contribution is -2.47. The van der Waals surface area contributed by atoms with E-state index in [1.807, 2.05) is 0 Å². The maximum Gasteiger partial charge on any atom is 0.322 e. The van der Waals surface area contributed by atoms with Crippen molar-refractivity contribution in [3.63, 3.8) is 0 Å². The summed E-state index contributed by atoms with van der Waals surface area (Å²) in [5.41, 5.74) is 0. The van der Waals surface area contributed by atoms with E-state index in [1.165, 1.54) is 12.1 Å². The zero-order valence-corrected chi connectivity index (χ0v) is 12.8. The van der Waals surface area contributed by atoms with Crippen molar-refractivity contribution in [1.29, 1.82) is 0 Å². The number of carboxylic acid groups (broad SMARTS) is 1. The number of hydrogen-bond donors (Lipinski definition) is 1. The van der Waals surface area contributed by atoms with Crippen molar-refractivity contribution in [1.82, 2.24) is 4.31 Å². The van der Waals surface area contributed by atoms with E-state index < -0.39 is 27.9 Å². The van der Waals surface area contributed by atoms with E-state index in [0.717, 1.165) is 10.4 Å². The van der Waals surface area contributed by atoms with Crippen LogP contribution < -0.4 is 0 Å². The van der Waals surface area contributed by atoms with Gasteiger partial charge in [0.05, 0.1) is 9.37 Å². The molecular formula is C12H13BrFNO4S. The first-order valence-corrected chi connectivity index (χ1v) is 8.27. The fourth-order valence-corrected chi connectivity index (χ4v) is 4.12. The molecule has 1 aliphatic rings. The lowest BCUT2D eigenvalue weighted by atomic mass is 10.1. The van der Waals surface area contributed by atoms with Crippen molar-refractivity contribution < 1.29 is 22.7 Å². The molecule has 8 heteroatoms. The van der Waals surface area contributed by atoms with Crippen LogP contribution in [0.1, 0.15) is 19.3 Å². The molecule has 2 rings (SSSR count). The fraction of sp³-hybridized carbons (Fsp3) is 0.417. The number of piperidine rings is 1. The second kappa shape index (κ2) is 5.79. The number of carboxylic acids is 1. The molecule has 1 atom stereocenters. The van der Waals surface area contributed by atoms with Crippen LogP contribution >= 0.6 is 15.9 Å². The fourth-order valence-electron chi connectivity index (χ4n) is 2.21. The normalized spacial score (nSPS) is 20.8. The Hall–Kier alpha value is -0.990. The Balaban J connectivity index is 2.42. The number of sulfonamides is 1. The summed E-state index contributed by atoms with van der Waals surface area (Å²) in [4.78, 5) is 10.9. The maximum absolute atomic E-state index is 13.5. The minimum Gasteiger partial charge on any atom is -0.480 e. The first-order valence-electron chi connectivity index (χ1n) is 6.04. The van der Waals surface area contributed by atoms with Gasteiger partial charge in [0.25, 0.3) is 0 Å². The number of aliphatic carboxylic acids is 1. The van der Waals surface area contributed by atoms with Gasteiger partial charge in [0.15, 0.2) is 0 Å². The van der Waals surface area contributed by atoms with Gasteiger partial charge < -0.3 is 5.11 Å². The van der Waals surface area contributed by atoms with Gasteiger partial charge >= 0.3 is 5.97 Å². The third-order valence-electron chi connectivity index (χ3n) is 3.24. The quantitative estimate of drug-likeness (QED) is 0.890. The highest BCUT2D eigenvalue weighted by molar-refractivity contribution is 9.10. The summed E-state index contributed by atoms with van der Waals surface area (Å²) in [7, 11) is -4.00. The molecule has 110 valence electrons. The zero-order chi connectivity index (χ0) is 14.9. The lowest BCUT2D eigenvalue weighted by molar-refractivity contribution is -0.142. The van der Waals surface area contributed by atoms with Crippen molar-refractivity contribution in [2.75, 3.05) is 6.54 Å². The van der Waals surface area contributed by atoms with Crippen LogP contribution in [0.15, 0.2) is 27.6 Å². The third kappa shape index (κ3) is 2.87. The smallest absolute Gasteiger partial charge is 0.322 e. The van der Waals surface area contributed by atoms with Gasteiger partial charge in [-0.05, 0) is 53.4 Å². The van der Waals surface area contributed by atoms with Gasteiger partial charge in [0, 0.05) is 6.54 Å². The number of nitrogens with zero attached hydrogens (tertiary/aromatic N) is 1. The number of rotatable bonds is 3. The van der Waals surface area contributed by atoms with Gasteiger partial charge in [-0.1, -0.05) is 0 Å². The van der Waals surface area contributed by atoms with Crippen LogP contribution in [0.3, 0.4) is 0 Å². The molecule has 5 nitrogen and oxygen atoms in total. The topological polar surface area (TPSA) is 74.7 Å². The maximum atomic E-state index is 13.5. The van der Waals surface area contributed by atoms with Crippen molar-refractivity contribution in [2.24, 2.45) is 0 Å². The molecule has 1 aromatic rings. The molecule has 1 aliphatic heterocycles. The Morgan fingerprint density at radius 1 is 1.40 bits per heavy atom. The highest BCUT2D eigenvalue weighted by Gasteiger charge is 2.37. The summed E-state index contributed by atoms with van der Waals surface area (Å²) in [6, 6.07) is 2.37. The molecular weight excluding hydrogens is 353 g/mol. The van der Waals surface area contributed by atoms with E-state index in [2.05, 4.69) is 15.9 Å². The van der Waals surface area contributed by atoms with E-state index in [9.17, 15) is 17.6 Å². The van der Waals surface area contributed by atoms with Gasteiger partial charge in [-0.2, -0.15) is 4.31 Å². The standard InChI is InChI=1S/C12H13BrFNO4S/c13-9-5-4-8(7-10(9)14)20(18,19)15-6-2-1-3-11(15)12(16)17/h4-5,7,11H,1-3,6H2,(H,16,17). The minimum absolute atomic E-state index is 0.136. The molecule has 20 heavy (non-hydrogen) atoms. The Morgan fingerprint density at radius 3 is 2.70 bits per heavy atom. The van der Waals surface area contributed by atoms with Crippen molar-refractivity contribution in [2.45, 2.75) is 30.2 Å². The molecule has 0 aliphatic carbocycles. The molecule has 0 radical (unpaired) electrons. The van der Waals surface area contributed by atoms with Gasteiger partial charge in [0.1, 0.15) is 11.9 Å². The van der Waals surface area contributed by atoms with E-state index in [0.29, 0.717) is 12.8 Å². The van der Waals surface area contributed by atoms with E-state index in [1.54, 1.807) is 0 Å². The largest absolute Gasteiger partial charge is 0.480 e. The number of carbonyl (C=O) groups is 1. The molecule has 0 bridgehead atoms. The summed E-state index contributed by atoms with van der Waals surface area (Å²) < 4.78 is 39.5. The second-order valence-corrected chi connectivity index (χ2v) is 7.29. The van der Waals surface area contributed by atoms with Crippen LogP contribution in [-0.2, 0) is 14.8 Å². The Bertz CT molecular complexity index is 634. The molecule has 1 saturated heterocycles. The van der Waals surface area contributed by atoms with Gasteiger partial charge in [0.2, 0.25) is 10.0 Å².